The second-order valence-corrected chi connectivity index (χ2v) is 9.00. The standard InChI is InChI=1S/C19H30O2/c1-18-9-7-13(20)11-12(18)3-4-14-15-5-6-17(21)19(15,2)10-8-16(14)18/h12-16,20H,3-11H2,1-2H3/t12?,13-,14-,15-,16?,18-,19-/m0/s1. The monoisotopic (exact) mass is 290 g/mol. The van der Waals surface area contributed by atoms with E-state index >= 15 is 0 Å². The van der Waals surface area contributed by atoms with Crippen LogP contribution >= 0.6 is 0 Å². The Labute approximate surface area is 128 Å². The van der Waals surface area contributed by atoms with Gasteiger partial charge in [-0.2, -0.15) is 0 Å². The van der Waals surface area contributed by atoms with Gasteiger partial charge in [0, 0.05) is 11.8 Å². The first-order chi connectivity index (χ1) is 9.95. The Bertz CT molecular complexity index is 458. The number of hydrogen-bond acceptors (Lipinski definition) is 2. The van der Waals surface area contributed by atoms with Crippen LogP contribution in [0.25, 0.3) is 0 Å². The van der Waals surface area contributed by atoms with Crippen molar-refractivity contribution in [1.29, 1.82) is 0 Å². The highest BCUT2D eigenvalue weighted by Gasteiger charge is 2.60. The Morgan fingerprint density at radius 2 is 1.81 bits per heavy atom. The molecule has 21 heavy (non-hydrogen) atoms. The van der Waals surface area contributed by atoms with E-state index in [0.717, 1.165) is 49.9 Å². The summed E-state index contributed by atoms with van der Waals surface area (Å²) >= 11 is 0. The van der Waals surface area contributed by atoms with E-state index in [4.69, 9.17) is 0 Å². The van der Waals surface area contributed by atoms with Crippen molar-refractivity contribution in [3.8, 4) is 0 Å². The zero-order valence-corrected chi connectivity index (χ0v) is 13.6. The van der Waals surface area contributed by atoms with Crippen molar-refractivity contribution in [3.05, 3.63) is 0 Å². The molecule has 4 saturated carbocycles. The van der Waals surface area contributed by atoms with E-state index < -0.39 is 0 Å². The normalized spacial score (nSPS) is 56.5. The molecule has 0 heterocycles. The number of rotatable bonds is 0. The Balaban J connectivity index is 1.64. The number of aliphatic hydroxyl groups is 1. The Morgan fingerprint density at radius 1 is 1.00 bits per heavy atom. The van der Waals surface area contributed by atoms with Gasteiger partial charge in [-0.15, -0.1) is 0 Å². The van der Waals surface area contributed by atoms with Gasteiger partial charge in [0.25, 0.3) is 0 Å². The van der Waals surface area contributed by atoms with Gasteiger partial charge in [0.2, 0.25) is 0 Å². The number of carbonyl (C=O) groups is 1. The lowest BCUT2D eigenvalue weighted by Gasteiger charge is -2.60. The summed E-state index contributed by atoms with van der Waals surface area (Å²) in [5.41, 5.74) is 0.452. The number of fused-ring (bicyclic) bond motifs is 5. The molecule has 2 nitrogen and oxygen atoms in total. The number of ketones is 1. The molecule has 2 unspecified atom stereocenters. The molecule has 4 aliphatic carbocycles. The summed E-state index contributed by atoms with van der Waals surface area (Å²) in [6, 6.07) is 0. The van der Waals surface area contributed by atoms with Gasteiger partial charge in [-0.05, 0) is 80.5 Å². The SMILES string of the molecule is C[C@]12CC[C@H](O)CC1CC[C@@H]1C2CC[C@]2(C)C(=O)CC[C@@H]12. The average Bonchev–Trinajstić information content (AvgIpc) is 2.76. The number of hydrogen-bond donors (Lipinski definition) is 1. The maximum Gasteiger partial charge on any atom is 0.139 e. The van der Waals surface area contributed by atoms with E-state index in [0.29, 0.717) is 17.1 Å². The molecule has 0 spiro atoms. The molecular weight excluding hydrogens is 260 g/mol. The van der Waals surface area contributed by atoms with E-state index in [1.165, 1.54) is 25.7 Å². The smallest absolute Gasteiger partial charge is 0.139 e. The maximum atomic E-state index is 12.4. The molecule has 7 atom stereocenters. The predicted molar refractivity (Wildman–Crippen MR) is 82.7 cm³/mol. The zero-order valence-electron chi connectivity index (χ0n) is 13.6. The van der Waals surface area contributed by atoms with Crippen molar-refractivity contribution >= 4 is 5.78 Å². The van der Waals surface area contributed by atoms with Gasteiger partial charge in [-0.25, -0.2) is 0 Å². The third-order valence-corrected chi connectivity index (χ3v) is 8.35. The molecular formula is C19H30O2. The number of carbonyl (C=O) groups excluding carboxylic acids is 1. The van der Waals surface area contributed by atoms with Crippen molar-refractivity contribution in [1.82, 2.24) is 0 Å². The lowest BCUT2D eigenvalue weighted by atomic mass is 9.45. The summed E-state index contributed by atoms with van der Waals surface area (Å²) < 4.78 is 0. The van der Waals surface area contributed by atoms with Crippen LogP contribution in [0.3, 0.4) is 0 Å². The van der Waals surface area contributed by atoms with Gasteiger partial charge in [0.15, 0.2) is 0 Å². The van der Waals surface area contributed by atoms with Crippen LogP contribution in [0.5, 0.6) is 0 Å². The van der Waals surface area contributed by atoms with Crippen LogP contribution in [-0.4, -0.2) is 17.0 Å². The van der Waals surface area contributed by atoms with Crippen LogP contribution in [0.4, 0.5) is 0 Å². The third-order valence-electron chi connectivity index (χ3n) is 8.35. The van der Waals surface area contributed by atoms with Gasteiger partial charge in [0.1, 0.15) is 5.78 Å². The second kappa shape index (κ2) is 4.57. The molecule has 4 rings (SSSR count). The molecule has 0 radical (unpaired) electrons. The molecule has 2 heteroatoms. The number of aliphatic hydroxyl groups excluding tert-OH is 1. The molecule has 0 amide bonds. The minimum absolute atomic E-state index is 0.0124. The van der Waals surface area contributed by atoms with Crippen molar-refractivity contribution < 1.29 is 9.90 Å². The molecule has 0 aromatic rings. The fourth-order valence-corrected chi connectivity index (χ4v) is 7.01. The molecule has 1 N–H and O–H groups in total. The van der Waals surface area contributed by atoms with Gasteiger partial charge >= 0.3 is 0 Å². The van der Waals surface area contributed by atoms with E-state index in [1.54, 1.807) is 0 Å². The van der Waals surface area contributed by atoms with E-state index in [-0.39, 0.29) is 11.5 Å². The Kier molecular flexibility index (Phi) is 3.10. The van der Waals surface area contributed by atoms with Crippen LogP contribution in [0.2, 0.25) is 0 Å². The first-order valence-corrected chi connectivity index (χ1v) is 9.16. The minimum Gasteiger partial charge on any atom is -0.393 e. The highest BCUT2D eigenvalue weighted by molar-refractivity contribution is 5.87. The minimum atomic E-state index is -0.0541. The summed E-state index contributed by atoms with van der Waals surface area (Å²) in [7, 11) is 0. The fourth-order valence-electron chi connectivity index (χ4n) is 7.01. The first-order valence-electron chi connectivity index (χ1n) is 9.16. The largest absolute Gasteiger partial charge is 0.393 e. The highest BCUT2D eigenvalue weighted by Crippen LogP contribution is 2.65. The molecule has 0 aromatic carbocycles. The number of Topliss-reactive ketones (excluding diaryl/α,β-unsaturated/α-hetero) is 1. The molecule has 4 aliphatic rings. The molecule has 0 aliphatic heterocycles. The van der Waals surface area contributed by atoms with E-state index in [1.807, 2.05) is 0 Å². The van der Waals surface area contributed by atoms with Crippen LogP contribution in [0, 0.1) is 34.5 Å². The van der Waals surface area contributed by atoms with Crippen LogP contribution in [0.15, 0.2) is 0 Å². The van der Waals surface area contributed by atoms with Gasteiger partial charge in [-0.3, -0.25) is 4.79 Å². The molecule has 0 bridgehead atoms. The molecule has 0 saturated heterocycles. The van der Waals surface area contributed by atoms with E-state index in [9.17, 15) is 9.90 Å². The highest BCUT2D eigenvalue weighted by atomic mass is 16.3. The topological polar surface area (TPSA) is 37.3 Å². The van der Waals surface area contributed by atoms with Crippen molar-refractivity contribution in [3.63, 3.8) is 0 Å². The molecule has 0 aromatic heterocycles. The summed E-state index contributed by atoms with van der Waals surface area (Å²) in [5.74, 6) is 3.54. The predicted octanol–water partition coefficient (Wildman–Crippen LogP) is 3.96. The Hall–Kier alpha value is -0.370. The first kappa shape index (κ1) is 14.2. The van der Waals surface area contributed by atoms with Crippen molar-refractivity contribution in [2.75, 3.05) is 0 Å². The maximum absolute atomic E-state index is 12.4. The van der Waals surface area contributed by atoms with E-state index in [2.05, 4.69) is 13.8 Å². The van der Waals surface area contributed by atoms with Crippen LogP contribution in [0.1, 0.15) is 71.6 Å². The van der Waals surface area contributed by atoms with Crippen molar-refractivity contribution in [2.45, 2.75) is 77.7 Å². The third kappa shape index (κ3) is 1.84. The fraction of sp³-hybridized carbons (Fsp3) is 0.947. The van der Waals surface area contributed by atoms with Crippen LogP contribution in [-0.2, 0) is 4.79 Å². The Morgan fingerprint density at radius 3 is 2.62 bits per heavy atom. The van der Waals surface area contributed by atoms with Gasteiger partial charge < -0.3 is 5.11 Å². The quantitative estimate of drug-likeness (QED) is 0.733. The van der Waals surface area contributed by atoms with Crippen LogP contribution < -0.4 is 0 Å². The lowest BCUT2D eigenvalue weighted by molar-refractivity contribution is -0.142. The summed E-state index contributed by atoms with van der Waals surface area (Å²) in [5, 5.41) is 10.0. The second-order valence-electron chi connectivity index (χ2n) is 9.00. The molecule has 4 fully saturated rings. The van der Waals surface area contributed by atoms with Gasteiger partial charge in [0.05, 0.1) is 6.10 Å². The summed E-state index contributed by atoms with van der Waals surface area (Å²) in [6.07, 6.45) is 10.1. The van der Waals surface area contributed by atoms with Crippen molar-refractivity contribution in [2.24, 2.45) is 34.5 Å². The zero-order chi connectivity index (χ0) is 14.8. The summed E-state index contributed by atoms with van der Waals surface area (Å²) in [6.45, 7) is 4.78. The summed E-state index contributed by atoms with van der Waals surface area (Å²) in [4.78, 5) is 12.4. The average molecular weight is 290 g/mol. The molecule has 118 valence electrons. The lowest BCUT2D eigenvalue weighted by Crippen LogP contribution is -2.54. The van der Waals surface area contributed by atoms with Gasteiger partial charge in [-0.1, -0.05) is 13.8 Å².